The summed E-state index contributed by atoms with van der Waals surface area (Å²) < 4.78 is 34.0. The molecule has 16 heavy (non-hydrogen) atoms. The zero-order chi connectivity index (χ0) is 14.5. The van der Waals surface area contributed by atoms with E-state index in [0.717, 1.165) is 0 Å². The Morgan fingerprint density at radius 1 is 1.19 bits per heavy atom. The first-order valence-corrected chi connectivity index (χ1v) is 5.34. The van der Waals surface area contributed by atoms with Crippen molar-refractivity contribution in [2.75, 3.05) is 0 Å². The van der Waals surface area contributed by atoms with Gasteiger partial charge in [0.1, 0.15) is 0 Å². The summed E-state index contributed by atoms with van der Waals surface area (Å²) >= 11 is 0. The number of aromatic nitrogens is 1. The molecule has 0 atom stereocenters. The highest BCUT2D eigenvalue weighted by Gasteiger charge is 2.51. The van der Waals surface area contributed by atoms with Gasteiger partial charge in [-0.05, 0) is 40.1 Å². The Balaban J connectivity index is 2.30. The van der Waals surface area contributed by atoms with E-state index in [4.69, 9.17) is 13.4 Å². The van der Waals surface area contributed by atoms with Gasteiger partial charge in [0.25, 0.3) is 0 Å². The van der Waals surface area contributed by atoms with E-state index in [1.54, 1.807) is 12.3 Å². The largest absolute Gasteiger partial charge is 0.496 e. The van der Waals surface area contributed by atoms with Crippen LogP contribution in [0.1, 0.15) is 37.4 Å². The maximum absolute atomic E-state index is 7.41. The first-order chi connectivity index (χ1) is 8.53. The Labute approximate surface area is 102 Å². The molecule has 2 heterocycles. The quantitative estimate of drug-likeness (QED) is 0.677. The van der Waals surface area contributed by atoms with E-state index in [2.05, 4.69) is 4.98 Å². The van der Waals surface area contributed by atoms with Crippen molar-refractivity contribution in [3.05, 3.63) is 24.0 Å². The Morgan fingerprint density at radius 3 is 2.38 bits per heavy atom. The fourth-order valence-electron chi connectivity index (χ4n) is 1.57. The molecular weight excluding hydrogens is 201 g/mol. The molecule has 1 saturated heterocycles. The molecule has 0 spiro atoms. The van der Waals surface area contributed by atoms with E-state index in [1.807, 2.05) is 27.7 Å². The topological polar surface area (TPSA) is 31.4 Å². The minimum atomic E-state index is -2.17. The summed E-state index contributed by atoms with van der Waals surface area (Å²) in [6.07, 6.45) is 2.93. The van der Waals surface area contributed by atoms with Crippen molar-refractivity contribution in [2.24, 2.45) is 0 Å². The second-order valence-corrected chi connectivity index (χ2v) is 5.10. The maximum Gasteiger partial charge on any atom is 0.496 e. The Morgan fingerprint density at radius 2 is 1.81 bits per heavy atom. The average Bonchev–Trinajstić information content (AvgIpc) is 2.47. The molecule has 3 nitrogen and oxygen atoms in total. The third-order valence-corrected chi connectivity index (χ3v) is 3.28. The van der Waals surface area contributed by atoms with Crippen molar-refractivity contribution in [1.29, 1.82) is 0 Å². The lowest BCUT2D eigenvalue weighted by molar-refractivity contribution is 0.00578. The molecule has 1 fully saturated rings. The zero-order valence-electron chi connectivity index (χ0n) is 13.1. The van der Waals surface area contributed by atoms with Gasteiger partial charge in [-0.25, -0.2) is 0 Å². The van der Waals surface area contributed by atoms with E-state index in [1.165, 1.54) is 6.20 Å². The maximum atomic E-state index is 7.41. The average molecular weight is 222 g/mol. The SMILES string of the molecule is [2H]C([2H])([2H])c1cncc(B2OC(C)(C)C(C)(C)O2)c1. The Kier molecular flexibility index (Phi) is 1.84. The minimum absolute atomic E-state index is 0.194. The fourth-order valence-corrected chi connectivity index (χ4v) is 1.57. The molecule has 0 unspecified atom stereocenters. The molecule has 1 aliphatic heterocycles. The van der Waals surface area contributed by atoms with Gasteiger partial charge in [0.05, 0.1) is 11.2 Å². The van der Waals surface area contributed by atoms with Crippen LogP contribution in [0.15, 0.2) is 18.5 Å². The number of aryl methyl sites for hydroxylation is 1. The van der Waals surface area contributed by atoms with Crippen molar-refractivity contribution in [2.45, 2.75) is 45.7 Å². The van der Waals surface area contributed by atoms with Gasteiger partial charge in [0.2, 0.25) is 0 Å². The van der Waals surface area contributed by atoms with Gasteiger partial charge in [0.15, 0.2) is 0 Å². The number of rotatable bonds is 1. The first kappa shape index (κ1) is 8.26. The van der Waals surface area contributed by atoms with Crippen molar-refractivity contribution in [3.8, 4) is 0 Å². The second-order valence-electron chi connectivity index (χ2n) is 5.10. The molecule has 0 aromatic carbocycles. The summed E-state index contributed by atoms with van der Waals surface area (Å²) in [4.78, 5) is 3.97. The lowest BCUT2D eigenvalue weighted by atomic mass is 9.80. The fraction of sp³-hybridized carbons (Fsp3) is 0.583. The number of pyridine rings is 1. The summed E-state index contributed by atoms with van der Waals surface area (Å²) in [5.74, 6) is 0. The van der Waals surface area contributed by atoms with Gasteiger partial charge in [-0.2, -0.15) is 0 Å². The van der Waals surface area contributed by atoms with Crippen LogP contribution >= 0.6 is 0 Å². The van der Waals surface area contributed by atoms with E-state index in [0.29, 0.717) is 5.46 Å². The Bertz CT molecular complexity index is 472. The molecule has 0 N–H and O–H groups in total. The molecule has 2 rings (SSSR count). The van der Waals surface area contributed by atoms with E-state index < -0.39 is 25.2 Å². The molecule has 0 saturated carbocycles. The highest BCUT2D eigenvalue weighted by Crippen LogP contribution is 2.36. The van der Waals surface area contributed by atoms with Gasteiger partial charge < -0.3 is 9.31 Å². The van der Waals surface area contributed by atoms with Gasteiger partial charge >= 0.3 is 7.12 Å². The predicted octanol–water partition coefficient (Wildman–Crippen LogP) is 1.69. The monoisotopic (exact) mass is 222 g/mol. The van der Waals surface area contributed by atoms with Crippen LogP contribution in [0, 0.1) is 6.85 Å². The number of hydrogen-bond donors (Lipinski definition) is 0. The normalized spacial score (nSPS) is 26.0. The molecule has 1 aromatic heterocycles. The van der Waals surface area contributed by atoms with E-state index >= 15 is 0 Å². The van der Waals surface area contributed by atoms with Crippen LogP contribution < -0.4 is 5.46 Å². The van der Waals surface area contributed by atoms with Gasteiger partial charge in [-0.15, -0.1) is 0 Å². The zero-order valence-corrected chi connectivity index (χ0v) is 10.1. The molecule has 1 aliphatic rings. The lowest BCUT2D eigenvalue weighted by Gasteiger charge is -2.32. The molecule has 0 amide bonds. The third kappa shape index (κ3) is 1.87. The van der Waals surface area contributed by atoms with Crippen LogP contribution in [0.3, 0.4) is 0 Å². The summed E-state index contributed by atoms with van der Waals surface area (Å²) in [5.41, 5.74) is -0.0756. The molecule has 86 valence electrons. The van der Waals surface area contributed by atoms with Crippen LogP contribution in [-0.2, 0) is 9.31 Å². The van der Waals surface area contributed by atoms with E-state index in [9.17, 15) is 0 Å². The lowest BCUT2D eigenvalue weighted by Crippen LogP contribution is -2.41. The highest BCUT2D eigenvalue weighted by atomic mass is 16.7. The van der Waals surface area contributed by atoms with Crippen LogP contribution in [-0.4, -0.2) is 23.3 Å². The standard InChI is InChI=1S/C12H18BNO2/c1-9-6-10(8-14-7-9)13-15-11(2,3)12(4,5)16-13/h6-8H,1-5H3/i1D3. The number of nitrogens with zero attached hydrogens (tertiary/aromatic N) is 1. The van der Waals surface area contributed by atoms with E-state index in [-0.39, 0.29) is 5.56 Å². The highest BCUT2D eigenvalue weighted by molar-refractivity contribution is 6.62. The molecular formula is C12H18BNO2. The van der Waals surface area contributed by atoms with Gasteiger partial charge in [-0.1, -0.05) is 6.07 Å². The molecule has 0 bridgehead atoms. The van der Waals surface area contributed by atoms with Gasteiger partial charge in [-0.3, -0.25) is 4.98 Å². The molecule has 1 aromatic rings. The van der Waals surface area contributed by atoms with Crippen LogP contribution in [0.5, 0.6) is 0 Å². The van der Waals surface area contributed by atoms with Crippen molar-refractivity contribution >= 4 is 12.6 Å². The summed E-state index contributed by atoms with van der Waals surface area (Å²) in [7, 11) is -0.584. The van der Waals surface area contributed by atoms with Crippen LogP contribution in [0.2, 0.25) is 0 Å². The first-order valence-electron chi connectivity index (χ1n) is 6.84. The third-order valence-electron chi connectivity index (χ3n) is 3.28. The van der Waals surface area contributed by atoms with Crippen molar-refractivity contribution in [1.82, 2.24) is 4.98 Å². The predicted molar refractivity (Wildman–Crippen MR) is 64.7 cm³/mol. The number of hydrogen-bond acceptors (Lipinski definition) is 3. The van der Waals surface area contributed by atoms with Crippen LogP contribution in [0.25, 0.3) is 0 Å². The molecule has 0 aliphatic carbocycles. The Hall–Kier alpha value is -0.865. The van der Waals surface area contributed by atoms with Crippen molar-refractivity contribution in [3.63, 3.8) is 0 Å². The van der Waals surface area contributed by atoms with Crippen molar-refractivity contribution < 1.29 is 13.4 Å². The van der Waals surface area contributed by atoms with Gasteiger partial charge in [0, 0.05) is 22.0 Å². The minimum Gasteiger partial charge on any atom is -0.399 e. The summed E-state index contributed by atoms with van der Waals surface area (Å²) in [5, 5.41) is 0. The smallest absolute Gasteiger partial charge is 0.399 e. The summed E-state index contributed by atoms with van der Waals surface area (Å²) in [6, 6.07) is 1.57. The van der Waals surface area contributed by atoms with Crippen LogP contribution in [0.4, 0.5) is 0 Å². The molecule has 4 heteroatoms. The summed E-state index contributed by atoms with van der Waals surface area (Å²) in [6.45, 7) is 5.64. The molecule has 0 radical (unpaired) electrons. The second kappa shape index (κ2) is 3.57.